The van der Waals surface area contributed by atoms with E-state index in [1.807, 2.05) is 24.3 Å². The first-order valence-electron chi connectivity index (χ1n) is 7.89. The average molecular weight is 326 g/mol. The molecule has 0 heterocycles. The molecule has 5 heteroatoms. The third-order valence-electron chi connectivity index (χ3n) is 3.21. The molecule has 0 aromatic heterocycles. The molecule has 4 nitrogen and oxygen atoms in total. The van der Waals surface area contributed by atoms with Crippen molar-refractivity contribution in [3.63, 3.8) is 0 Å². The molecule has 0 amide bonds. The molecule has 0 unspecified atom stereocenters. The van der Waals surface area contributed by atoms with E-state index in [0.717, 1.165) is 19.3 Å². The van der Waals surface area contributed by atoms with Gasteiger partial charge in [0.05, 0.1) is 19.8 Å². The normalized spacial score (nSPS) is 12.6. The van der Waals surface area contributed by atoms with E-state index in [9.17, 15) is 4.57 Å². The lowest BCUT2D eigenvalue weighted by molar-refractivity contribution is 0.131. The highest BCUT2D eigenvalue weighted by molar-refractivity contribution is 7.48. The maximum atomic E-state index is 12.2. The van der Waals surface area contributed by atoms with E-state index in [4.69, 9.17) is 13.6 Å². The van der Waals surface area contributed by atoms with E-state index >= 15 is 0 Å². The number of phosphoric acid groups is 1. The summed E-state index contributed by atoms with van der Waals surface area (Å²) in [5.41, 5.74) is 2.60. The quantitative estimate of drug-likeness (QED) is 0.416. The van der Waals surface area contributed by atoms with Crippen LogP contribution in [0.1, 0.15) is 39.2 Å². The minimum atomic E-state index is -3.41. The van der Waals surface area contributed by atoms with Crippen molar-refractivity contribution in [3.8, 4) is 0 Å². The molecule has 124 valence electrons. The van der Waals surface area contributed by atoms with Gasteiger partial charge in [0.15, 0.2) is 0 Å². The van der Waals surface area contributed by atoms with Crippen molar-refractivity contribution >= 4 is 7.82 Å². The van der Waals surface area contributed by atoms with Crippen LogP contribution in [0, 0.1) is 0 Å². The third-order valence-corrected chi connectivity index (χ3v) is 4.82. The Balaban J connectivity index is 2.48. The predicted octanol–water partition coefficient (Wildman–Crippen LogP) is 5.15. The Labute approximate surface area is 134 Å². The van der Waals surface area contributed by atoms with E-state index in [0.29, 0.717) is 13.2 Å². The van der Waals surface area contributed by atoms with Crippen LogP contribution in [0.3, 0.4) is 0 Å². The van der Waals surface area contributed by atoms with Crippen molar-refractivity contribution in [2.24, 2.45) is 0 Å². The third kappa shape index (κ3) is 7.37. The van der Waals surface area contributed by atoms with Crippen LogP contribution in [0.5, 0.6) is 0 Å². The highest BCUT2D eigenvalue weighted by Crippen LogP contribution is 2.49. The topological polar surface area (TPSA) is 44.8 Å². The summed E-state index contributed by atoms with van der Waals surface area (Å²) in [5, 5.41) is 0. The molecule has 0 fully saturated rings. The van der Waals surface area contributed by atoms with Gasteiger partial charge in [-0.15, -0.1) is 0 Å². The fourth-order valence-corrected chi connectivity index (χ4v) is 3.16. The molecule has 1 rings (SSSR count). The van der Waals surface area contributed by atoms with Crippen molar-refractivity contribution in [3.05, 3.63) is 47.5 Å². The molecule has 0 bridgehead atoms. The van der Waals surface area contributed by atoms with Crippen LogP contribution in [0.25, 0.3) is 0 Å². The Morgan fingerprint density at radius 2 is 1.68 bits per heavy atom. The molecule has 1 aromatic rings. The lowest BCUT2D eigenvalue weighted by atomic mass is 10.0. The second kappa shape index (κ2) is 10.7. The van der Waals surface area contributed by atoms with Gasteiger partial charge in [-0.2, -0.15) is 0 Å². The predicted molar refractivity (Wildman–Crippen MR) is 89.9 cm³/mol. The van der Waals surface area contributed by atoms with E-state index in [-0.39, 0.29) is 6.61 Å². The number of hydrogen-bond donors (Lipinski definition) is 0. The fraction of sp³-hybridized carbons (Fsp3) is 0.529. The molecule has 0 spiro atoms. The summed E-state index contributed by atoms with van der Waals surface area (Å²) in [5.74, 6) is 0. The molecule has 0 saturated heterocycles. The summed E-state index contributed by atoms with van der Waals surface area (Å²) in [6.07, 6.45) is 4.89. The number of benzene rings is 1. The Hall–Kier alpha value is -0.930. The van der Waals surface area contributed by atoms with Crippen molar-refractivity contribution in [2.75, 3.05) is 19.8 Å². The summed E-state index contributed by atoms with van der Waals surface area (Å²) >= 11 is 0. The Bertz CT molecular complexity index is 475. The Morgan fingerprint density at radius 3 is 2.23 bits per heavy atom. The summed E-state index contributed by atoms with van der Waals surface area (Å²) in [7, 11) is -3.41. The van der Waals surface area contributed by atoms with Crippen molar-refractivity contribution in [1.82, 2.24) is 0 Å². The van der Waals surface area contributed by atoms with Crippen molar-refractivity contribution in [1.29, 1.82) is 0 Å². The minimum absolute atomic E-state index is 0.245. The van der Waals surface area contributed by atoms with Gasteiger partial charge in [-0.3, -0.25) is 13.6 Å². The lowest BCUT2D eigenvalue weighted by Gasteiger charge is -2.15. The Morgan fingerprint density at radius 1 is 1.05 bits per heavy atom. The van der Waals surface area contributed by atoms with Crippen LogP contribution in [0.4, 0.5) is 0 Å². The van der Waals surface area contributed by atoms with Crippen molar-refractivity contribution in [2.45, 2.75) is 40.0 Å². The lowest BCUT2D eigenvalue weighted by Crippen LogP contribution is -2.01. The standard InChI is InChI=1S/C17H27O4P/c1-4-16(12-13-17-10-8-7-9-11-17)14-15-21-22(18,19-5-2)20-6-3/h7-11,14H,4-6,12-13,15H2,1-3H3/b16-14+. The number of rotatable bonds is 11. The molecular weight excluding hydrogens is 299 g/mol. The number of hydrogen-bond acceptors (Lipinski definition) is 4. The Kier molecular flexibility index (Phi) is 9.33. The summed E-state index contributed by atoms with van der Waals surface area (Å²) in [6, 6.07) is 10.4. The first-order chi connectivity index (χ1) is 10.6. The summed E-state index contributed by atoms with van der Waals surface area (Å²) in [4.78, 5) is 0. The molecule has 0 saturated carbocycles. The monoisotopic (exact) mass is 326 g/mol. The zero-order valence-electron chi connectivity index (χ0n) is 13.8. The van der Waals surface area contributed by atoms with Crippen LogP contribution < -0.4 is 0 Å². The molecule has 0 atom stereocenters. The van der Waals surface area contributed by atoms with E-state index in [2.05, 4.69) is 19.1 Å². The minimum Gasteiger partial charge on any atom is -0.287 e. The molecule has 0 aliphatic heterocycles. The van der Waals surface area contributed by atoms with Crippen LogP contribution in [-0.2, 0) is 24.6 Å². The van der Waals surface area contributed by atoms with Gasteiger partial charge >= 0.3 is 7.82 Å². The van der Waals surface area contributed by atoms with Crippen LogP contribution in [0.15, 0.2) is 42.0 Å². The first-order valence-corrected chi connectivity index (χ1v) is 9.35. The van der Waals surface area contributed by atoms with Gasteiger partial charge in [-0.25, -0.2) is 4.57 Å². The average Bonchev–Trinajstić information content (AvgIpc) is 2.52. The van der Waals surface area contributed by atoms with Crippen molar-refractivity contribution < 1.29 is 18.1 Å². The second-order valence-electron chi connectivity index (χ2n) is 4.78. The number of aryl methyl sites for hydroxylation is 1. The van der Waals surface area contributed by atoms with Crippen LogP contribution in [0.2, 0.25) is 0 Å². The van der Waals surface area contributed by atoms with Gasteiger partial charge in [0, 0.05) is 0 Å². The maximum absolute atomic E-state index is 12.2. The number of phosphoric ester groups is 1. The molecule has 0 aliphatic carbocycles. The van der Waals surface area contributed by atoms with Gasteiger partial charge in [0.2, 0.25) is 0 Å². The molecule has 0 radical (unpaired) electrons. The summed E-state index contributed by atoms with van der Waals surface area (Å²) < 4.78 is 27.7. The highest BCUT2D eigenvalue weighted by atomic mass is 31.2. The van der Waals surface area contributed by atoms with E-state index < -0.39 is 7.82 Å². The second-order valence-corrected chi connectivity index (χ2v) is 6.45. The SMILES string of the molecule is CCOP(=O)(OCC)OC/C=C(\CC)CCc1ccccc1. The van der Waals surface area contributed by atoms with Gasteiger partial charge in [-0.05, 0) is 38.7 Å². The zero-order chi connectivity index (χ0) is 16.3. The number of allylic oxidation sites excluding steroid dienone is 1. The largest absolute Gasteiger partial charge is 0.475 e. The van der Waals surface area contributed by atoms with Crippen LogP contribution >= 0.6 is 7.82 Å². The maximum Gasteiger partial charge on any atom is 0.475 e. The van der Waals surface area contributed by atoms with Gasteiger partial charge in [0.25, 0.3) is 0 Å². The molecule has 0 aliphatic rings. The zero-order valence-corrected chi connectivity index (χ0v) is 14.7. The highest BCUT2D eigenvalue weighted by Gasteiger charge is 2.24. The molecule has 1 aromatic carbocycles. The fourth-order valence-electron chi connectivity index (χ4n) is 2.05. The van der Waals surface area contributed by atoms with E-state index in [1.54, 1.807) is 13.8 Å². The molecule has 22 heavy (non-hydrogen) atoms. The van der Waals surface area contributed by atoms with Gasteiger partial charge < -0.3 is 0 Å². The smallest absolute Gasteiger partial charge is 0.287 e. The summed E-state index contributed by atoms with van der Waals surface area (Å²) in [6.45, 7) is 6.49. The first kappa shape index (κ1) is 19.1. The van der Waals surface area contributed by atoms with Crippen LogP contribution in [-0.4, -0.2) is 19.8 Å². The van der Waals surface area contributed by atoms with Gasteiger partial charge in [-0.1, -0.05) is 48.9 Å². The van der Waals surface area contributed by atoms with Gasteiger partial charge in [0.1, 0.15) is 0 Å². The van der Waals surface area contributed by atoms with E-state index in [1.165, 1.54) is 11.1 Å². The molecule has 0 N–H and O–H groups in total. The molecular formula is C17H27O4P.